The summed E-state index contributed by atoms with van der Waals surface area (Å²) in [5, 5.41) is 6.10. The van der Waals surface area contributed by atoms with Crippen molar-refractivity contribution in [2.24, 2.45) is 4.99 Å². The quantitative estimate of drug-likeness (QED) is 0.800. The van der Waals surface area contributed by atoms with Gasteiger partial charge in [-0.2, -0.15) is 0 Å². The minimum Gasteiger partial charge on any atom is -0.484 e. The van der Waals surface area contributed by atoms with Crippen LogP contribution in [0.3, 0.4) is 0 Å². The fourth-order valence-electron chi connectivity index (χ4n) is 2.51. The first-order valence-electron chi connectivity index (χ1n) is 8.05. The lowest BCUT2D eigenvalue weighted by Gasteiger charge is -2.10. The predicted octanol–water partition coefficient (Wildman–Crippen LogP) is 2.04. The summed E-state index contributed by atoms with van der Waals surface area (Å²) in [6, 6.07) is 15.8. The van der Waals surface area contributed by atoms with Gasteiger partial charge < -0.3 is 15.4 Å². The van der Waals surface area contributed by atoms with E-state index in [2.05, 4.69) is 27.8 Å². The van der Waals surface area contributed by atoms with Gasteiger partial charge in [0.1, 0.15) is 11.6 Å². The molecule has 0 aromatic heterocycles. The number of nitrogens with zero attached hydrogens (tertiary/aromatic N) is 1. The largest absolute Gasteiger partial charge is 0.484 e. The summed E-state index contributed by atoms with van der Waals surface area (Å²) in [7, 11) is 0. The lowest BCUT2D eigenvalue weighted by molar-refractivity contribution is -0.123. The number of amides is 1. The SMILES string of the molecule is Cc1ccc(OCC(=O)NCCNC2=NCc3ccccc32)cc1. The van der Waals surface area contributed by atoms with Crippen LogP contribution in [0.25, 0.3) is 0 Å². The van der Waals surface area contributed by atoms with Crippen LogP contribution in [0.5, 0.6) is 5.75 Å². The number of hydrogen-bond acceptors (Lipinski definition) is 4. The summed E-state index contributed by atoms with van der Waals surface area (Å²) in [6.45, 7) is 3.90. The molecule has 0 atom stereocenters. The molecule has 1 aliphatic heterocycles. The van der Waals surface area contributed by atoms with Crippen LogP contribution in [-0.2, 0) is 11.3 Å². The van der Waals surface area contributed by atoms with E-state index in [0.29, 0.717) is 18.8 Å². The normalized spacial score (nSPS) is 12.3. The molecule has 5 heteroatoms. The lowest BCUT2D eigenvalue weighted by atomic mass is 10.1. The van der Waals surface area contributed by atoms with E-state index in [1.807, 2.05) is 43.3 Å². The van der Waals surface area contributed by atoms with Crippen LogP contribution in [0.1, 0.15) is 16.7 Å². The Balaban J connectivity index is 1.35. The van der Waals surface area contributed by atoms with Crippen molar-refractivity contribution >= 4 is 11.7 Å². The van der Waals surface area contributed by atoms with E-state index in [1.165, 1.54) is 5.56 Å². The van der Waals surface area contributed by atoms with E-state index in [4.69, 9.17) is 4.74 Å². The zero-order valence-electron chi connectivity index (χ0n) is 13.7. The smallest absolute Gasteiger partial charge is 0.258 e. The monoisotopic (exact) mass is 323 g/mol. The maximum atomic E-state index is 11.8. The minimum atomic E-state index is -0.133. The van der Waals surface area contributed by atoms with Crippen LogP contribution in [0, 0.1) is 6.92 Å². The minimum absolute atomic E-state index is 0.0207. The first-order valence-corrected chi connectivity index (χ1v) is 8.05. The molecule has 0 saturated heterocycles. The van der Waals surface area contributed by atoms with Gasteiger partial charge in [0.2, 0.25) is 0 Å². The molecule has 0 aliphatic carbocycles. The number of benzene rings is 2. The van der Waals surface area contributed by atoms with Gasteiger partial charge in [-0.1, -0.05) is 42.0 Å². The van der Waals surface area contributed by atoms with Gasteiger partial charge in [0, 0.05) is 18.7 Å². The highest BCUT2D eigenvalue weighted by Crippen LogP contribution is 2.16. The number of aryl methyl sites for hydroxylation is 1. The van der Waals surface area contributed by atoms with Crippen molar-refractivity contribution in [2.75, 3.05) is 19.7 Å². The van der Waals surface area contributed by atoms with Crippen molar-refractivity contribution in [1.82, 2.24) is 10.6 Å². The van der Waals surface area contributed by atoms with E-state index >= 15 is 0 Å². The molecular weight excluding hydrogens is 302 g/mol. The van der Waals surface area contributed by atoms with Crippen molar-refractivity contribution in [1.29, 1.82) is 0 Å². The Kier molecular flexibility index (Phi) is 5.11. The summed E-state index contributed by atoms with van der Waals surface area (Å²) in [6.07, 6.45) is 0. The average Bonchev–Trinajstić information content (AvgIpc) is 3.01. The summed E-state index contributed by atoms with van der Waals surface area (Å²) in [4.78, 5) is 16.3. The number of hydrogen-bond donors (Lipinski definition) is 2. The molecule has 3 rings (SSSR count). The maximum absolute atomic E-state index is 11.8. The number of ether oxygens (including phenoxy) is 1. The van der Waals surface area contributed by atoms with Gasteiger partial charge in [0.25, 0.3) is 5.91 Å². The molecular formula is C19H21N3O2. The van der Waals surface area contributed by atoms with Gasteiger partial charge in [-0.15, -0.1) is 0 Å². The Morgan fingerprint density at radius 2 is 1.92 bits per heavy atom. The second kappa shape index (κ2) is 7.64. The van der Waals surface area contributed by atoms with Crippen molar-refractivity contribution in [3.05, 3.63) is 65.2 Å². The third-order valence-electron chi connectivity index (χ3n) is 3.81. The van der Waals surface area contributed by atoms with E-state index in [-0.39, 0.29) is 12.5 Å². The lowest BCUT2D eigenvalue weighted by Crippen LogP contribution is -2.36. The van der Waals surface area contributed by atoms with Gasteiger partial charge in [0.15, 0.2) is 6.61 Å². The third-order valence-corrected chi connectivity index (χ3v) is 3.81. The number of carbonyl (C=O) groups excluding carboxylic acids is 1. The van der Waals surface area contributed by atoms with Crippen LogP contribution < -0.4 is 15.4 Å². The number of nitrogens with one attached hydrogen (secondary N) is 2. The van der Waals surface area contributed by atoms with Crippen LogP contribution in [0.15, 0.2) is 53.5 Å². The molecule has 0 unspecified atom stereocenters. The van der Waals surface area contributed by atoms with Gasteiger partial charge in [0.05, 0.1) is 6.54 Å². The molecule has 5 nitrogen and oxygen atoms in total. The molecule has 1 amide bonds. The van der Waals surface area contributed by atoms with Gasteiger partial charge in [-0.05, 0) is 24.6 Å². The van der Waals surface area contributed by atoms with Crippen molar-refractivity contribution in [3.63, 3.8) is 0 Å². The standard InChI is InChI=1S/C19H21N3O2/c1-14-6-8-16(9-7-14)24-13-18(23)20-10-11-21-19-17-5-3-2-4-15(17)12-22-19/h2-9H,10-13H2,1H3,(H,20,23)(H,21,22). The van der Waals surface area contributed by atoms with Crippen LogP contribution >= 0.6 is 0 Å². The van der Waals surface area contributed by atoms with Gasteiger partial charge in [-0.3, -0.25) is 9.79 Å². The summed E-state index contributed by atoms with van der Waals surface area (Å²) >= 11 is 0. The Labute approximate surface area is 141 Å². The number of carbonyl (C=O) groups is 1. The molecule has 0 fully saturated rings. The molecule has 24 heavy (non-hydrogen) atoms. The van der Waals surface area contributed by atoms with Crippen LogP contribution in [0.2, 0.25) is 0 Å². The van der Waals surface area contributed by atoms with Crippen molar-refractivity contribution in [3.8, 4) is 5.75 Å². The number of fused-ring (bicyclic) bond motifs is 1. The average molecular weight is 323 g/mol. The Hall–Kier alpha value is -2.82. The van der Waals surface area contributed by atoms with E-state index in [0.717, 1.165) is 23.5 Å². The number of rotatable bonds is 6. The first-order chi connectivity index (χ1) is 11.7. The van der Waals surface area contributed by atoms with E-state index < -0.39 is 0 Å². The second-order valence-electron chi connectivity index (χ2n) is 5.70. The second-order valence-corrected chi connectivity index (χ2v) is 5.70. The van der Waals surface area contributed by atoms with E-state index in [9.17, 15) is 4.79 Å². The Bertz CT molecular complexity index is 739. The molecule has 124 valence electrons. The molecule has 1 aliphatic rings. The number of aliphatic imine (C=N–C) groups is 1. The fourth-order valence-corrected chi connectivity index (χ4v) is 2.51. The molecule has 0 radical (unpaired) electrons. The Morgan fingerprint density at radius 3 is 2.75 bits per heavy atom. The molecule has 2 N–H and O–H groups in total. The highest BCUT2D eigenvalue weighted by Gasteiger charge is 2.13. The molecule has 2 aromatic carbocycles. The predicted molar refractivity (Wildman–Crippen MR) is 94.4 cm³/mol. The van der Waals surface area contributed by atoms with E-state index in [1.54, 1.807) is 0 Å². The fraction of sp³-hybridized carbons (Fsp3) is 0.263. The van der Waals surface area contributed by atoms with Crippen LogP contribution in [-0.4, -0.2) is 31.4 Å². The highest BCUT2D eigenvalue weighted by molar-refractivity contribution is 6.01. The summed E-state index contributed by atoms with van der Waals surface area (Å²) in [5.41, 5.74) is 3.54. The topological polar surface area (TPSA) is 62.7 Å². The Morgan fingerprint density at radius 1 is 1.12 bits per heavy atom. The molecule has 2 aromatic rings. The zero-order chi connectivity index (χ0) is 16.8. The van der Waals surface area contributed by atoms with Gasteiger partial charge >= 0.3 is 0 Å². The molecule has 0 saturated carbocycles. The van der Waals surface area contributed by atoms with Gasteiger partial charge in [-0.25, -0.2) is 0 Å². The molecule has 0 spiro atoms. The zero-order valence-corrected chi connectivity index (χ0v) is 13.7. The maximum Gasteiger partial charge on any atom is 0.258 e. The first kappa shape index (κ1) is 16.1. The van der Waals surface area contributed by atoms with Crippen molar-refractivity contribution in [2.45, 2.75) is 13.5 Å². The molecule has 0 bridgehead atoms. The summed E-state index contributed by atoms with van der Waals surface area (Å²) < 4.78 is 5.44. The van der Waals surface area contributed by atoms with Crippen molar-refractivity contribution < 1.29 is 9.53 Å². The summed E-state index contributed by atoms with van der Waals surface area (Å²) in [5.74, 6) is 1.47. The third kappa shape index (κ3) is 4.13. The number of amidine groups is 1. The van der Waals surface area contributed by atoms with Crippen LogP contribution in [0.4, 0.5) is 0 Å². The highest BCUT2D eigenvalue weighted by atomic mass is 16.5. The molecule has 1 heterocycles.